The Morgan fingerprint density at radius 1 is 0.972 bits per heavy atom. The number of carboxylic acid groups (broad SMARTS) is 1. The van der Waals surface area contributed by atoms with E-state index < -0.39 is 5.97 Å². The second-order valence-corrected chi connectivity index (χ2v) is 9.37. The number of rotatable bonds is 7. The minimum absolute atomic E-state index is 0.0765. The number of aromatic carboxylic acids is 1. The van der Waals surface area contributed by atoms with Gasteiger partial charge in [-0.25, -0.2) is 4.79 Å². The second kappa shape index (κ2) is 10.3. The third kappa shape index (κ3) is 4.71. The number of carbonyl (C=O) groups excluding carboxylic acids is 1. The Bertz CT molecular complexity index is 1400. The number of carbonyl (C=O) groups is 2. The molecule has 1 aromatic heterocycles. The van der Waals surface area contributed by atoms with Gasteiger partial charge in [-0.15, -0.1) is 0 Å². The zero-order chi connectivity index (χ0) is 25.1. The highest BCUT2D eigenvalue weighted by Gasteiger charge is 2.24. The summed E-state index contributed by atoms with van der Waals surface area (Å²) in [6, 6.07) is 22.9. The molecule has 0 bridgehead atoms. The number of ether oxygens (including phenoxy) is 1. The molecule has 184 valence electrons. The van der Waals surface area contributed by atoms with Gasteiger partial charge in [0.15, 0.2) is 0 Å². The molecule has 1 amide bonds. The predicted octanol–water partition coefficient (Wildman–Crippen LogP) is 6.13. The first-order chi connectivity index (χ1) is 17.5. The van der Waals surface area contributed by atoms with E-state index in [9.17, 15) is 14.7 Å². The highest BCUT2D eigenvalue weighted by molar-refractivity contribution is 6.08. The summed E-state index contributed by atoms with van der Waals surface area (Å²) in [6.45, 7) is 0.390. The SMILES string of the molecule is COc1cccc(Cn2c(C(=O)O)c(-c3ccc(C(=O)NC4CCCCC4)cc3)c3ccccc32)c1. The van der Waals surface area contributed by atoms with Gasteiger partial charge in [-0.2, -0.15) is 0 Å². The first-order valence-corrected chi connectivity index (χ1v) is 12.4. The minimum atomic E-state index is -0.997. The van der Waals surface area contributed by atoms with Crippen molar-refractivity contribution < 1.29 is 19.4 Å². The molecule has 1 aliphatic carbocycles. The van der Waals surface area contributed by atoms with E-state index in [-0.39, 0.29) is 17.6 Å². The number of amides is 1. The quantitative estimate of drug-likeness (QED) is 0.332. The average molecular weight is 483 g/mol. The van der Waals surface area contributed by atoms with Crippen molar-refractivity contribution in [1.29, 1.82) is 0 Å². The first kappa shape index (κ1) is 23.7. The predicted molar refractivity (Wildman–Crippen MR) is 141 cm³/mol. The van der Waals surface area contributed by atoms with E-state index in [0.717, 1.165) is 53.5 Å². The monoisotopic (exact) mass is 482 g/mol. The van der Waals surface area contributed by atoms with Crippen molar-refractivity contribution in [2.75, 3.05) is 7.11 Å². The van der Waals surface area contributed by atoms with Gasteiger partial charge in [0.25, 0.3) is 5.91 Å². The van der Waals surface area contributed by atoms with Crippen LogP contribution >= 0.6 is 0 Å². The summed E-state index contributed by atoms with van der Waals surface area (Å²) < 4.78 is 7.19. The molecule has 0 spiro atoms. The molecule has 1 fully saturated rings. The smallest absolute Gasteiger partial charge is 0.353 e. The number of fused-ring (bicyclic) bond motifs is 1. The van der Waals surface area contributed by atoms with Crippen molar-refractivity contribution in [2.24, 2.45) is 0 Å². The summed E-state index contributed by atoms with van der Waals surface area (Å²) >= 11 is 0. The van der Waals surface area contributed by atoms with Crippen LogP contribution in [-0.4, -0.2) is 34.7 Å². The average Bonchev–Trinajstić information content (AvgIpc) is 3.24. The van der Waals surface area contributed by atoms with Gasteiger partial charge in [0, 0.05) is 34.6 Å². The Morgan fingerprint density at radius 3 is 2.44 bits per heavy atom. The Balaban J connectivity index is 1.52. The van der Waals surface area contributed by atoms with Crippen LogP contribution in [0.4, 0.5) is 0 Å². The van der Waals surface area contributed by atoms with Crippen LogP contribution in [0.3, 0.4) is 0 Å². The highest BCUT2D eigenvalue weighted by Crippen LogP contribution is 2.36. The molecule has 0 aliphatic heterocycles. The maximum Gasteiger partial charge on any atom is 0.353 e. The van der Waals surface area contributed by atoms with E-state index in [1.54, 1.807) is 19.2 Å². The molecule has 4 aromatic rings. The molecule has 36 heavy (non-hydrogen) atoms. The molecular formula is C30H30N2O4. The topological polar surface area (TPSA) is 80.6 Å². The molecule has 6 nitrogen and oxygen atoms in total. The van der Waals surface area contributed by atoms with Crippen molar-refractivity contribution in [3.05, 3.63) is 89.6 Å². The number of hydrogen-bond donors (Lipinski definition) is 2. The van der Waals surface area contributed by atoms with Crippen molar-refractivity contribution in [3.8, 4) is 16.9 Å². The van der Waals surface area contributed by atoms with Gasteiger partial charge >= 0.3 is 5.97 Å². The van der Waals surface area contributed by atoms with E-state index >= 15 is 0 Å². The van der Waals surface area contributed by atoms with Gasteiger partial charge in [-0.1, -0.05) is 61.7 Å². The Kier molecular flexibility index (Phi) is 6.76. The zero-order valence-corrected chi connectivity index (χ0v) is 20.4. The Morgan fingerprint density at radius 2 is 1.72 bits per heavy atom. The number of benzene rings is 3. The fourth-order valence-electron chi connectivity index (χ4n) is 5.24. The molecule has 0 unspecified atom stereocenters. The van der Waals surface area contributed by atoms with Crippen LogP contribution in [0.5, 0.6) is 5.75 Å². The largest absolute Gasteiger partial charge is 0.497 e. The van der Waals surface area contributed by atoms with E-state index in [4.69, 9.17) is 4.74 Å². The van der Waals surface area contributed by atoms with Gasteiger partial charge in [0.05, 0.1) is 7.11 Å². The van der Waals surface area contributed by atoms with Crippen LogP contribution < -0.4 is 10.1 Å². The first-order valence-electron chi connectivity index (χ1n) is 12.4. The summed E-state index contributed by atoms with van der Waals surface area (Å²) in [7, 11) is 1.62. The Hall–Kier alpha value is -4.06. The van der Waals surface area contributed by atoms with Gasteiger partial charge in [-0.05, 0) is 54.3 Å². The molecule has 5 rings (SSSR count). The number of aromatic nitrogens is 1. The highest BCUT2D eigenvalue weighted by atomic mass is 16.5. The summed E-state index contributed by atoms with van der Waals surface area (Å²) in [4.78, 5) is 25.4. The second-order valence-electron chi connectivity index (χ2n) is 9.37. The molecule has 6 heteroatoms. The van der Waals surface area contributed by atoms with Crippen molar-refractivity contribution in [3.63, 3.8) is 0 Å². The van der Waals surface area contributed by atoms with Crippen molar-refractivity contribution >= 4 is 22.8 Å². The lowest BCUT2D eigenvalue weighted by Gasteiger charge is -2.22. The van der Waals surface area contributed by atoms with E-state index in [1.807, 2.05) is 65.2 Å². The van der Waals surface area contributed by atoms with Crippen molar-refractivity contribution in [2.45, 2.75) is 44.7 Å². The molecule has 0 atom stereocenters. The fraction of sp³-hybridized carbons (Fsp3) is 0.267. The molecule has 2 N–H and O–H groups in total. The van der Waals surface area contributed by atoms with Crippen LogP contribution in [0.1, 0.15) is 58.5 Å². The van der Waals surface area contributed by atoms with E-state index in [1.165, 1.54) is 6.42 Å². The molecule has 1 aliphatic rings. The Labute approximate surface area is 210 Å². The van der Waals surface area contributed by atoms with Crippen LogP contribution in [-0.2, 0) is 6.54 Å². The summed E-state index contributed by atoms with van der Waals surface area (Å²) in [5, 5.41) is 14.3. The third-order valence-corrected chi connectivity index (χ3v) is 7.02. The number of methoxy groups -OCH3 is 1. The van der Waals surface area contributed by atoms with Crippen molar-refractivity contribution in [1.82, 2.24) is 9.88 Å². The standard InChI is InChI=1S/C30H30N2O4/c1-36-24-11-7-8-20(18-24)19-32-26-13-6-5-12-25(26)27(28(32)30(34)35)21-14-16-22(17-15-21)29(33)31-23-9-3-2-4-10-23/h5-8,11-18,23H,2-4,9-10,19H2,1H3,(H,31,33)(H,34,35). The van der Waals surface area contributed by atoms with Gasteiger partial charge in [0.1, 0.15) is 11.4 Å². The molecular weight excluding hydrogens is 452 g/mol. The maximum absolute atomic E-state index is 12.8. The lowest BCUT2D eigenvalue weighted by molar-refractivity contribution is 0.0686. The van der Waals surface area contributed by atoms with Gasteiger partial charge in [-0.3, -0.25) is 4.79 Å². The lowest BCUT2D eigenvalue weighted by Crippen LogP contribution is -2.36. The molecule has 0 saturated heterocycles. The molecule has 0 radical (unpaired) electrons. The molecule has 3 aromatic carbocycles. The third-order valence-electron chi connectivity index (χ3n) is 7.02. The zero-order valence-electron chi connectivity index (χ0n) is 20.4. The van der Waals surface area contributed by atoms with Gasteiger partial charge < -0.3 is 19.7 Å². The van der Waals surface area contributed by atoms with Crippen LogP contribution in [0.15, 0.2) is 72.8 Å². The molecule has 1 saturated carbocycles. The number of nitrogens with zero attached hydrogens (tertiary/aromatic N) is 1. The fourth-order valence-corrected chi connectivity index (χ4v) is 5.24. The summed E-state index contributed by atoms with van der Waals surface area (Å²) in [5.74, 6) is -0.348. The minimum Gasteiger partial charge on any atom is -0.497 e. The van der Waals surface area contributed by atoms with Crippen LogP contribution in [0.2, 0.25) is 0 Å². The van der Waals surface area contributed by atoms with Crippen LogP contribution in [0, 0.1) is 0 Å². The van der Waals surface area contributed by atoms with Crippen LogP contribution in [0.25, 0.3) is 22.0 Å². The number of hydrogen-bond acceptors (Lipinski definition) is 3. The number of nitrogens with one attached hydrogen (secondary N) is 1. The van der Waals surface area contributed by atoms with Gasteiger partial charge in [0.2, 0.25) is 0 Å². The van der Waals surface area contributed by atoms with E-state index in [0.29, 0.717) is 17.7 Å². The lowest BCUT2D eigenvalue weighted by atomic mass is 9.95. The molecule has 1 heterocycles. The summed E-state index contributed by atoms with van der Waals surface area (Å²) in [6.07, 6.45) is 5.60. The maximum atomic E-state index is 12.8. The van der Waals surface area contributed by atoms with E-state index in [2.05, 4.69) is 5.32 Å². The number of carboxylic acids is 1. The summed E-state index contributed by atoms with van der Waals surface area (Å²) in [5.41, 5.74) is 4.01. The normalized spacial score (nSPS) is 14.0. The number of para-hydroxylation sites is 1.